The molecule has 1 unspecified atom stereocenters. The molecule has 130 valence electrons. The molecule has 5 rings (SSSR count). The van der Waals surface area contributed by atoms with Crippen molar-refractivity contribution in [2.75, 3.05) is 13.2 Å². The standard InChI is InChI=1S/C22H20N2O2/c25-22-24(10-11-26-22)14-16-12-18(15-6-2-1-3-7-15)21(16)19-13-23-20-9-5-4-8-17(19)20/h1-9,13-14,18,21,23H,10-12H2/b16-14-/t18-,21?/m0/s1. The highest BCUT2D eigenvalue weighted by Gasteiger charge is 2.40. The van der Waals surface area contributed by atoms with E-state index in [9.17, 15) is 4.79 Å². The fraction of sp³-hybridized carbons (Fsp3) is 0.227. The van der Waals surface area contributed by atoms with Crippen molar-refractivity contribution in [2.45, 2.75) is 18.3 Å². The summed E-state index contributed by atoms with van der Waals surface area (Å²) in [5.41, 5.74) is 5.10. The first-order valence-electron chi connectivity index (χ1n) is 9.06. The monoisotopic (exact) mass is 344 g/mol. The number of aromatic amines is 1. The molecule has 1 aliphatic heterocycles. The van der Waals surface area contributed by atoms with Gasteiger partial charge in [-0.1, -0.05) is 48.5 Å². The molecule has 3 aromatic rings. The highest BCUT2D eigenvalue weighted by atomic mass is 16.6. The molecule has 2 heterocycles. The van der Waals surface area contributed by atoms with Gasteiger partial charge in [0.2, 0.25) is 0 Å². The molecule has 1 aliphatic carbocycles. The zero-order valence-electron chi connectivity index (χ0n) is 14.4. The lowest BCUT2D eigenvalue weighted by Crippen LogP contribution is -2.28. The number of allylic oxidation sites excluding steroid dienone is 1. The minimum absolute atomic E-state index is 0.238. The minimum Gasteiger partial charge on any atom is -0.447 e. The Bertz CT molecular complexity index is 990. The van der Waals surface area contributed by atoms with E-state index in [0.717, 1.165) is 11.9 Å². The fourth-order valence-electron chi connectivity index (χ4n) is 4.23. The number of hydrogen-bond donors (Lipinski definition) is 1. The van der Waals surface area contributed by atoms with E-state index in [4.69, 9.17) is 4.74 Å². The van der Waals surface area contributed by atoms with Gasteiger partial charge in [-0.3, -0.25) is 4.90 Å². The van der Waals surface area contributed by atoms with Crippen LogP contribution in [0.4, 0.5) is 4.79 Å². The minimum atomic E-state index is -0.238. The van der Waals surface area contributed by atoms with E-state index in [-0.39, 0.29) is 12.0 Å². The SMILES string of the molecule is O=C1OCCN1/C=C1/C[C@@H](c2ccccc2)C1c1c[nH]c2ccccc12. The summed E-state index contributed by atoms with van der Waals surface area (Å²) in [6.45, 7) is 1.11. The van der Waals surface area contributed by atoms with Crippen molar-refractivity contribution in [3.63, 3.8) is 0 Å². The van der Waals surface area contributed by atoms with E-state index in [2.05, 4.69) is 65.8 Å². The first-order chi connectivity index (χ1) is 12.8. The maximum Gasteiger partial charge on any atom is 0.413 e. The highest BCUT2D eigenvalue weighted by Crippen LogP contribution is 2.54. The molecule has 0 radical (unpaired) electrons. The van der Waals surface area contributed by atoms with Crippen LogP contribution in [0.25, 0.3) is 10.9 Å². The number of ether oxygens (including phenoxy) is 1. The van der Waals surface area contributed by atoms with Gasteiger partial charge < -0.3 is 9.72 Å². The molecule has 1 saturated heterocycles. The number of hydrogen-bond acceptors (Lipinski definition) is 2. The van der Waals surface area contributed by atoms with Crippen LogP contribution in [-0.2, 0) is 4.74 Å². The Kier molecular flexibility index (Phi) is 3.56. The van der Waals surface area contributed by atoms with Crippen LogP contribution in [-0.4, -0.2) is 29.1 Å². The van der Waals surface area contributed by atoms with Crippen molar-refractivity contribution in [3.05, 3.63) is 83.7 Å². The molecule has 2 fully saturated rings. The quantitative estimate of drug-likeness (QED) is 0.743. The van der Waals surface area contributed by atoms with E-state index in [1.165, 1.54) is 22.1 Å². The smallest absolute Gasteiger partial charge is 0.413 e. The van der Waals surface area contributed by atoms with Crippen LogP contribution in [0.1, 0.15) is 29.4 Å². The van der Waals surface area contributed by atoms with Crippen LogP contribution in [0.5, 0.6) is 0 Å². The van der Waals surface area contributed by atoms with Gasteiger partial charge in [0.1, 0.15) is 6.61 Å². The van der Waals surface area contributed by atoms with E-state index in [0.29, 0.717) is 19.1 Å². The molecule has 4 nitrogen and oxygen atoms in total. The number of H-pyrrole nitrogens is 1. The number of fused-ring (bicyclic) bond motifs is 1. The zero-order chi connectivity index (χ0) is 17.5. The number of nitrogens with zero attached hydrogens (tertiary/aromatic N) is 1. The number of cyclic esters (lactones) is 1. The third kappa shape index (κ3) is 2.41. The summed E-state index contributed by atoms with van der Waals surface area (Å²) >= 11 is 0. The number of nitrogens with one attached hydrogen (secondary N) is 1. The normalized spacial score (nSPS) is 24.1. The molecule has 0 bridgehead atoms. The largest absolute Gasteiger partial charge is 0.447 e. The average molecular weight is 344 g/mol. The van der Waals surface area contributed by atoms with Gasteiger partial charge in [0.05, 0.1) is 6.54 Å². The summed E-state index contributed by atoms with van der Waals surface area (Å²) < 4.78 is 5.08. The van der Waals surface area contributed by atoms with Gasteiger partial charge in [0, 0.05) is 29.2 Å². The van der Waals surface area contributed by atoms with Gasteiger partial charge in [0.15, 0.2) is 0 Å². The van der Waals surface area contributed by atoms with Crippen LogP contribution in [0.2, 0.25) is 0 Å². The molecular formula is C22H20N2O2. The summed E-state index contributed by atoms with van der Waals surface area (Å²) in [6.07, 6.45) is 4.87. The number of amides is 1. The van der Waals surface area contributed by atoms with Crippen molar-refractivity contribution in [3.8, 4) is 0 Å². The first-order valence-corrected chi connectivity index (χ1v) is 9.06. The van der Waals surface area contributed by atoms with E-state index >= 15 is 0 Å². The number of benzene rings is 2. The Labute approximate surface area is 152 Å². The predicted octanol–water partition coefficient (Wildman–Crippen LogP) is 4.78. The van der Waals surface area contributed by atoms with Crippen LogP contribution in [0.15, 0.2) is 72.6 Å². The van der Waals surface area contributed by atoms with Crippen molar-refractivity contribution in [1.29, 1.82) is 0 Å². The third-order valence-electron chi connectivity index (χ3n) is 5.56. The van der Waals surface area contributed by atoms with Crippen molar-refractivity contribution in [1.82, 2.24) is 9.88 Å². The summed E-state index contributed by atoms with van der Waals surface area (Å²) in [5.74, 6) is 0.710. The predicted molar refractivity (Wildman–Crippen MR) is 101 cm³/mol. The van der Waals surface area contributed by atoms with Crippen LogP contribution < -0.4 is 0 Å². The fourth-order valence-corrected chi connectivity index (χ4v) is 4.23. The lowest BCUT2D eigenvalue weighted by molar-refractivity contribution is 0.165. The number of para-hydroxylation sites is 1. The molecular weight excluding hydrogens is 324 g/mol. The lowest BCUT2D eigenvalue weighted by atomic mass is 9.63. The molecule has 1 amide bonds. The second kappa shape index (κ2) is 6.06. The second-order valence-corrected chi connectivity index (χ2v) is 7.00. The number of carbonyl (C=O) groups excluding carboxylic acids is 1. The Balaban J connectivity index is 1.57. The van der Waals surface area contributed by atoms with Gasteiger partial charge in [-0.25, -0.2) is 4.79 Å². The second-order valence-electron chi connectivity index (χ2n) is 7.00. The van der Waals surface area contributed by atoms with Gasteiger partial charge in [-0.15, -0.1) is 0 Å². The molecule has 26 heavy (non-hydrogen) atoms. The summed E-state index contributed by atoms with van der Waals surface area (Å²) in [4.78, 5) is 17.0. The van der Waals surface area contributed by atoms with E-state index in [1.54, 1.807) is 4.90 Å². The summed E-state index contributed by atoms with van der Waals surface area (Å²) in [7, 11) is 0. The Hall–Kier alpha value is -3.01. The van der Waals surface area contributed by atoms with Gasteiger partial charge in [-0.05, 0) is 35.1 Å². The molecule has 1 aromatic heterocycles. The molecule has 4 heteroatoms. The Morgan fingerprint density at radius 2 is 1.88 bits per heavy atom. The van der Waals surface area contributed by atoms with Crippen molar-refractivity contribution < 1.29 is 9.53 Å². The first kappa shape index (κ1) is 15.3. The van der Waals surface area contributed by atoms with Crippen molar-refractivity contribution in [2.24, 2.45) is 0 Å². The van der Waals surface area contributed by atoms with Crippen LogP contribution in [0.3, 0.4) is 0 Å². The zero-order valence-corrected chi connectivity index (χ0v) is 14.4. The molecule has 2 atom stereocenters. The molecule has 0 spiro atoms. The maximum atomic E-state index is 11.9. The molecule has 2 aromatic carbocycles. The number of carbonyl (C=O) groups is 1. The van der Waals surface area contributed by atoms with Gasteiger partial charge in [-0.2, -0.15) is 0 Å². The molecule has 1 N–H and O–H groups in total. The molecule has 2 aliphatic rings. The van der Waals surface area contributed by atoms with Crippen molar-refractivity contribution >= 4 is 17.0 Å². The number of aromatic nitrogens is 1. The van der Waals surface area contributed by atoms with Gasteiger partial charge >= 0.3 is 6.09 Å². The topological polar surface area (TPSA) is 45.3 Å². The summed E-state index contributed by atoms with van der Waals surface area (Å²) in [6, 6.07) is 19.1. The summed E-state index contributed by atoms with van der Waals surface area (Å²) in [5, 5.41) is 1.26. The Morgan fingerprint density at radius 3 is 2.69 bits per heavy atom. The van der Waals surface area contributed by atoms with E-state index < -0.39 is 0 Å². The van der Waals surface area contributed by atoms with E-state index in [1.807, 2.05) is 6.20 Å². The Morgan fingerprint density at radius 1 is 1.08 bits per heavy atom. The lowest BCUT2D eigenvalue weighted by Gasteiger charge is -2.41. The average Bonchev–Trinajstić information content (AvgIpc) is 3.26. The van der Waals surface area contributed by atoms with Crippen LogP contribution >= 0.6 is 0 Å². The van der Waals surface area contributed by atoms with Gasteiger partial charge in [0.25, 0.3) is 0 Å². The highest BCUT2D eigenvalue weighted by molar-refractivity contribution is 5.84. The number of rotatable bonds is 3. The molecule has 1 saturated carbocycles. The third-order valence-corrected chi connectivity index (χ3v) is 5.56. The van der Waals surface area contributed by atoms with Crippen LogP contribution in [0, 0.1) is 0 Å². The maximum absolute atomic E-state index is 11.9.